The summed E-state index contributed by atoms with van der Waals surface area (Å²) in [7, 11) is 0. The molecule has 0 saturated heterocycles. The molecule has 4 N–H and O–H groups in total. The first kappa shape index (κ1) is 20.2. The average molecular weight is 366 g/mol. The molecular weight excluding hydrogens is 347 g/mol. The van der Waals surface area contributed by atoms with Crippen molar-refractivity contribution in [3.63, 3.8) is 0 Å². The molecule has 2 rings (SSSR count). The standard InChI is InChI=1S/C15H18F3N3O2.ClH/c16-15(17,18)11-3-1-2-10(6-11)14(4-5-14)9-21-13(23)8-20-12(22)7-19;/h1-3,6H,4-5,7-9,19H2,(H,20,22)(H,21,23);1H. The van der Waals surface area contributed by atoms with Gasteiger partial charge < -0.3 is 16.4 Å². The first-order valence-corrected chi connectivity index (χ1v) is 7.18. The Morgan fingerprint density at radius 1 is 1.17 bits per heavy atom. The van der Waals surface area contributed by atoms with Crippen molar-refractivity contribution in [2.75, 3.05) is 19.6 Å². The van der Waals surface area contributed by atoms with E-state index in [0.717, 1.165) is 12.1 Å². The quantitative estimate of drug-likeness (QED) is 0.711. The molecule has 1 saturated carbocycles. The fourth-order valence-corrected chi connectivity index (χ4v) is 2.33. The van der Waals surface area contributed by atoms with Crippen molar-refractivity contribution < 1.29 is 22.8 Å². The molecule has 5 nitrogen and oxygen atoms in total. The number of carbonyl (C=O) groups excluding carboxylic acids is 2. The van der Waals surface area contributed by atoms with Gasteiger partial charge in [0.15, 0.2) is 0 Å². The number of amides is 2. The van der Waals surface area contributed by atoms with Crippen LogP contribution in [0.3, 0.4) is 0 Å². The van der Waals surface area contributed by atoms with E-state index >= 15 is 0 Å². The smallest absolute Gasteiger partial charge is 0.354 e. The van der Waals surface area contributed by atoms with Crippen molar-refractivity contribution in [3.8, 4) is 0 Å². The van der Waals surface area contributed by atoms with Crippen molar-refractivity contribution in [1.29, 1.82) is 0 Å². The fraction of sp³-hybridized carbons (Fsp3) is 0.467. The van der Waals surface area contributed by atoms with E-state index in [1.807, 2.05) is 0 Å². The van der Waals surface area contributed by atoms with Crippen LogP contribution in [-0.2, 0) is 21.2 Å². The van der Waals surface area contributed by atoms with Crippen LogP contribution < -0.4 is 16.4 Å². The first-order chi connectivity index (χ1) is 10.8. The molecule has 9 heteroatoms. The summed E-state index contributed by atoms with van der Waals surface area (Å²) in [4.78, 5) is 22.6. The fourth-order valence-electron chi connectivity index (χ4n) is 2.33. The number of hydrogen-bond acceptors (Lipinski definition) is 3. The van der Waals surface area contributed by atoms with Gasteiger partial charge in [-0.2, -0.15) is 13.2 Å². The van der Waals surface area contributed by atoms with Gasteiger partial charge in [0.25, 0.3) is 0 Å². The summed E-state index contributed by atoms with van der Waals surface area (Å²) in [5, 5.41) is 4.98. The predicted octanol–water partition coefficient (Wildman–Crippen LogP) is 1.35. The maximum atomic E-state index is 12.8. The summed E-state index contributed by atoms with van der Waals surface area (Å²) in [5.74, 6) is -0.843. The number of alkyl halides is 3. The minimum atomic E-state index is -4.39. The van der Waals surface area contributed by atoms with Gasteiger partial charge in [-0.05, 0) is 24.5 Å². The Morgan fingerprint density at radius 3 is 2.38 bits per heavy atom. The Labute approximate surface area is 143 Å². The third-order valence-electron chi connectivity index (χ3n) is 3.91. The molecule has 2 amide bonds. The van der Waals surface area contributed by atoms with Crippen molar-refractivity contribution in [2.45, 2.75) is 24.4 Å². The summed E-state index contributed by atoms with van der Waals surface area (Å²) in [6.45, 7) is -0.165. The zero-order valence-electron chi connectivity index (χ0n) is 12.8. The molecule has 0 atom stereocenters. The second kappa shape index (κ2) is 7.85. The zero-order valence-corrected chi connectivity index (χ0v) is 13.6. The summed E-state index contributed by atoms with van der Waals surface area (Å²) in [6.07, 6.45) is -2.96. The van der Waals surface area contributed by atoms with E-state index in [9.17, 15) is 22.8 Å². The highest BCUT2D eigenvalue weighted by Gasteiger charge is 2.45. The van der Waals surface area contributed by atoms with Crippen LogP contribution in [0, 0.1) is 0 Å². The molecule has 1 aromatic rings. The predicted molar refractivity (Wildman–Crippen MR) is 84.7 cm³/mol. The monoisotopic (exact) mass is 365 g/mol. The van der Waals surface area contributed by atoms with Crippen LogP contribution in [0.15, 0.2) is 24.3 Å². The zero-order chi connectivity index (χ0) is 17.1. The van der Waals surface area contributed by atoms with E-state index in [-0.39, 0.29) is 32.0 Å². The van der Waals surface area contributed by atoms with Gasteiger partial charge in [0.1, 0.15) is 0 Å². The minimum absolute atomic E-state index is 0. The second-order valence-electron chi connectivity index (χ2n) is 5.62. The highest BCUT2D eigenvalue weighted by molar-refractivity contribution is 5.85. The molecule has 0 heterocycles. The van der Waals surface area contributed by atoms with E-state index < -0.39 is 29.0 Å². The van der Waals surface area contributed by atoms with Crippen LogP contribution in [0.1, 0.15) is 24.0 Å². The second-order valence-corrected chi connectivity index (χ2v) is 5.62. The van der Waals surface area contributed by atoms with E-state index in [2.05, 4.69) is 10.6 Å². The van der Waals surface area contributed by atoms with Gasteiger partial charge in [0.2, 0.25) is 11.8 Å². The van der Waals surface area contributed by atoms with Crippen molar-refractivity contribution >= 4 is 24.2 Å². The van der Waals surface area contributed by atoms with E-state index in [1.54, 1.807) is 6.07 Å². The van der Waals surface area contributed by atoms with E-state index in [1.165, 1.54) is 6.07 Å². The van der Waals surface area contributed by atoms with Crippen molar-refractivity contribution in [1.82, 2.24) is 10.6 Å². The maximum Gasteiger partial charge on any atom is 0.416 e. The third kappa shape index (κ3) is 5.10. The Hall–Kier alpha value is -1.80. The molecular formula is C15H19ClF3N3O2. The average Bonchev–Trinajstić information content (AvgIpc) is 3.31. The van der Waals surface area contributed by atoms with Crippen LogP contribution in [0.2, 0.25) is 0 Å². The van der Waals surface area contributed by atoms with Crippen LogP contribution in [0.25, 0.3) is 0 Å². The lowest BCUT2D eigenvalue weighted by Crippen LogP contribution is -2.41. The Kier molecular flexibility index (Phi) is 6.62. The van der Waals surface area contributed by atoms with E-state index in [4.69, 9.17) is 5.73 Å². The minimum Gasteiger partial charge on any atom is -0.354 e. The largest absolute Gasteiger partial charge is 0.416 e. The van der Waals surface area contributed by atoms with Gasteiger partial charge in [-0.3, -0.25) is 9.59 Å². The van der Waals surface area contributed by atoms with Crippen LogP contribution in [0.4, 0.5) is 13.2 Å². The Bertz CT molecular complexity index is 604. The number of nitrogens with two attached hydrogens (primary N) is 1. The molecule has 1 fully saturated rings. The SMILES string of the molecule is Cl.NCC(=O)NCC(=O)NCC1(c2cccc(C(F)(F)F)c2)CC1. The topological polar surface area (TPSA) is 84.2 Å². The molecule has 0 bridgehead atoms. The number of hydrogen-bond donors (Lipinski definition) is 3. The number of nitrogens with one attached hydrogen (secondary N) is 2. The lowest BCUT2D eigenvalue weighted by Gasteiger charge is -2.18. The van der Waals surface area contributed by atoms with Crippen LogP contribution in [0.5, 0.6) is 0 Å². The summed E-state index contributed by atoms with van der Waals surface area (Å²) in [6, 6.07) is 5.18. The maximum absolute atomic E-state index is 12.8. The molecule has 0 aliphatic heterocycles. The van der Waals surface area contributed by atoms with Crippen molar-refractivity contribution in [2.24, 2.45) is 5.73 Å². The number of benzene rings is 1. The normalized spacial score (nSPS) is 15.2. The van der Waals surface area contributed by atoms with Crippen molar-refractivity contribution in [3.05, 3.63) is 35.4 Å². The molecule has 24 heavy (non-hydrogen) atoms. The molecule has 134 valence electrons. The number of halogens is 4. The summed E-state index contributed by atoms with van der Waals surface area (Å²) in [5.41, 5.74) is 4.53. The Morgan fingerprint density at radius 2 is 1.83 bits per heavy atom. The summed E-state index contributed by atoms with van der Waals surface area (Å²) >= 11 is 0. The Balaban J connectivity index is 0.00000288. The van der Waals surface area contributed by atoms with Gasteiger partial charge in [-0.25, -0.2) is 0 Å². The van der Waals surface area contributed by atoms with E-state index in [0.29, 0.717) is 18.4 Å². The lowest BCUT2D eigenvalue weighted by molar-refractivity contribution is -0.137. The van der Waals surface area contributed by atoms with Gasteiger partial charge in [0, 0.05) is 12.0 Å². The highest BCUT2D eigenvalue weighted by Crippen LogP contribution is 2.48. The van der Waals surface area contributed by atoms with Gasteiger partial charge in [0.05, 0.1) is 18.7 Å². The first-order valence-electron chi connectivity index (χ1n) is 7.18. The molecule has 0 radical (unpaired) electrons. The van der Waals surface area contributed by atoms with Gasteiger partial charge in [-0.1, -0.05) is 18.2 Å². The van der Waals surface area contributed by atoms with Gasteiger partial charge in [-0.15, -0.1) is 12.4 Å². The highest BCUT2D eigenvalue weighted by atomic mass is 35.5. The lowest BCUT2D eigenvalue weighted by atomic mass is 9.94. The third-order valence-corrected chi connectivity index (χ3v) is 3.91. The molecule has 1 aliphatic carbocycles. The molecule has 0 spiro atoms. The van der Waals surface area contributed by atoms with Crippen LogP contribution >= 0.6 is 12.4 Å². The number of carbonyl (C=O) groups is 2. The summed E-state index contributed by atoms with van der Waals surface area (Å²) < 4.78 is 38.3. The molecule has 0 unspecified atom stereocenters. The molecule has 1 aromatic carbocycles. The van der Waals surface area contributed by atoms with Crippen LogP contribution in [-0.4, -0.2) is 31.4 Å². The molecule has 1 aliphatic rings. The van der Waals surface area contributed by atoms with Gasteiger partial charge >= 0.3 is 6.18 Å². The molecule has 0 aromatic heterocycles. The number of rotatable bonds is 6.